The lowest BCUT2D eigenvalue weighted by atomic mass is 10.0. The van der Waals surface area contributed by atoms with Gasteiger partial charge < -0.3 is 15.2 Å². The van der Waals surface area contributed by atoms with Crippen LogP contribution in [-0.4, -0.2) is 29.6 Å². The zero-order valence-corrected chi connectivity index (χ0v) is 12.0. The number of carbonyl (C=O) groups is 2. The standard InChI is InChI=1S/C16H21NO4/c18-15(17-14-8-4-7-13(14)16(19)20)9-10-21-11-12-5-2-1-3-6-12/h1-3,5-6,13-14H,4,7-11H2,(H,17,18)(H,19,20)/t13-,14+/m1/s1. The van der Waals surface area contributed by atoms with Crippen molar-refractivity contribution >= 4 is 11.9 Å². The molecular weight excluding hydrogens is 270 g/mol. The van der Waals surface area contributed by atoms with E-state index in [1.807, 2.05) is 30.3 Å². The average molecular weight is 291 g/mol. The largest absolute Gasteiger partial charge is 0.481 e. The molecule has 5 nitrogen and oxygen atoms in total. The summed E-state index contributed by atoms with van der Waals surface area (Å²) in [6.07, 6.45) is 2.50. The highest BCUT2D eigenvalue weighted by molar-refractivity contribution is 5.78. The molecule has 1 aromatic rings. The lowest BCUT2D eigenvalue weighted by molar-refractivity contribution is -0.142. The first-order chi connectivity index (χ1) is 10.2. The zero-order chi connectivity index (χ0) is 15.1. The Balaban J connectivity index is 1.65. The normalized spacial score (nSPS) is 21.1. The van der Waals surface area contributed by atoms with Crippen LogP contribution in [-0.2, 0) is 20.9 Å². The van der Waals surface area contributed by atoms with Gasteiger partial charge in [-0.25, -0.2) is 0 Å². The van der Waals surface area contributed by atoms with Crippen molar-refractivity contribution in [1.29, 1.82) is 0 Å². The van der Waals surface area contributed by atoms with E-state index in [-0.39, 0.29) is 18.4 Å². The quantitative estimate of drug-likeness (QED) is 0.753. The molecule has 21 heavy (non-hydrogen) atoms. The molecule has 1 saturated carbocycles. The molecule has 1 fully saturated rings. The van der Waals surface area contributed by atoms with E-state index in [4.69, 9.17) is 9.84 Å². The summed E-state index contributed by atoms with van der Waals surface area (Å²) in [5.41, 5.74) is 1.07. The van der Waals surface area contributed by atoms with E-state index < -0.39 is 11.9 Å². The fourth-order valence-corrected chi connectivity index (χ4v) is 2.64. The predicted octanol–water partition coefficient (Wildman–Crippen LogP) is 1.96. The van der Waals surface area contributed by atoms with Gasteiger partial charge in [0.25, 0.3) is 0 Å². The molecule has 0 spiro atoms. The maximum absolute atomic E-state index is 11.8. The van der Waals surface area contributed by atoms with Gasteiger partial charge in [-0.2, -0.15) is 0 Å². The maximum atomic E-state index is 11.8. The van der Waals surface area contributed by atoms with E-state index in [1.165, 1.54) is 0 Å². The summed E-state index contributed by atoms with van der Waals surface area (Å²) in [7, 11) is 0. The van der Waals surface area contributed by atoms with E-state index in [2.05, 4.69) is 5.32 Å². The molecular formula is C16H21NO4. The Labute approximate surface area is 124 Å². The molecule has 1 aliphatic carbocycles. The molecule has 1 aliphatic rings. The van der Waals surface area contributed by atoms with Crippen molar-refractivity contribution in [2.45, 2.75) is 38.3 Å². The Morgan fingerprint density at radius 2 is 2.00 bits per heavy atom. The highest BCUT2D eigenvalue weighted by Gasteiger charge is 2.33. The summed E-state index contributed by atoms with van der Waals surface area (Å²) in [5.74, 6) is -1.40. The van der Waals surface area contributed by atoms with E-state index >= 15 is 0 Å². The van der Waals surface area contributed by atoms with Crippen molar-refractivity contribution in [3.63, 3.8) is 0 Å². The predicted molar refractivity (Wildman–Crippen MR) is 77.6 cm³/mol. The highest BCUT2D eigenvalue weighted by atomic mass is 16.5. The van der Waals surface area contributed by atoms with Gasteiger partial charge in [-0.15, -0.1) is 0 Å². The molecule has 0 aliphatic heterocycles. The smallest absolute Gasteiger partial charge is 0.308 e. The number of aliphatic carboxylic acids is 1. The molecule has 2 N–H and O–H groups in total. The second-order valence-corrected chi connectivity index (χ2v) is 5.34. The van der Waals surface area contributed by atoms with Crippen LogP contribution < -0.4 is 5.32 Å². The summed E-state index contributed by atoms with van der Waals surface area (Å²) in [6.45, 7) is 0.820. The number of carboxylic acid groups (broad SMARTS) is 1. The Hall–Kier alpha value is -1.88. The summed E-state index contributed by atoms with van der Waals surface area (Å²) >= 11 is 0. The van der Waals surface area contributed by atoms with Crippen LogP contribution >= 0.6 is 0 Å². The fraction of sp³-hybridized carbons (Fsp3) is 0.500. The van der Waals surface area contributed by atoms with Gasteiger partial charge in [-0.3, -0.25) is 9.59 Å². The SMILES string of the molecule is O=C(CCOCc1ccccc1)N[C@H]1CCC[C@H]1C(=O)O. The number of carboxylic acids is 1. The lowest BCUT2D eigenvalue weighted by Gasteiger charge is -2.17. The van der Waals surface area contributed by atoms with Crippen LogP contribution in [0.1, 0.15) is 31.2 Å². The Morgan fingerprint density at radius 1 is 1.24 bits per heavy atom. The minimum atomic E-state index is -0.821. The van der Waals surface area contributed by atoms with E-state index in [1.54, 1.807) is 0 Å². The van der Waals surface area contributed by atoms with Crippen molar-refractivity contribution in [2.75, 3.05) is 6.61 Å². The molecule has 0 unspecified atom stereocenters. The van der Waals surface area contributed by atoms with Crippen LogP contribution in [0, 0.1) is 5.92 Å². The van der Waals surface area contributed by atoms with Crippen LogP contribution in [0.4, 0.5) is 0 Å². The number of rotatable bonds is 7. The van der Waals surface area contributed by atoms with Gasteiger partial charge in [-0.05, 0) is 18.4 Å². The van der Waals surface area contributed by atoms with Crippen molar-refractivity contribution in [3.05, 3.63) is 35.9 Å². The zero-order valence-electron chi connectivity index (χ0n) is 12.0. The topological polar surface area (TPSA) is 75.6 Å². The molecule has 2 atom stereocenters. The number of benzene rings is 1. The van der Waals surface area contributed by atoms with Gasteiger partial charge in [0.15, 0.2) is 0 Å². The van der Waals surface area contributed by atoms with Crippen LogP contribution in [0.15, 0.2) is 30.3 Å². The third-order valence-electron chi connectivity index (χ3n) is 3.76. The van der Waals surface area contributed by atoms with E-state index in [0.717, 1.165) is 18.4 Å². The molecule has 0 heterocycles. The van der Waals surface area contributed by atoms with Crippen molar-refractivity contribution < 1.29 is 19.4 Å². The molecule has 5 heteroatoms. The molecule has 0 radical (unpaired) electrons. The summed E-state index contributed by atoms with van der Waals surface area (Å²) in [6, 6.07) is 9.53. The number of nitrogens with one attached hydrogen (secondary N) is 1. The number of ether oxygens (including phenoxy) is 1. The van der Waals surface area contributed by atoms with Crippen LogP contribution in [0.25, 0.3) is 0 Å². The third-order valence-corrected chi connectivity index (χ3v) is 3.76. The fourth-order valence-electron chi connectivity index (χ4n) is 2.64. The number of hydrogen-bond acceptors (Lipinski definition) is 3. The van der Waals surface area contributed by atoms with Crippen molar-refractivity contribution in [2.24, 2.45) is 5.92 Å². The maximum Gasteiger partial charge on any atom is 0.308 e. The van der Waals surface area contributed by atoms with Crippen LogP contribution in [0.5, 0.6) is 0 Å². The first-order valence-corrected chi connectivity index (χ1v) is 7.30. The first-order valence-electron chi connectivity index (χ1n) is 7.30. The molecule has 1 amide bonds. The van der Waals surface area contributed by atoms with Gasteiger partial charge in [-0.1, -0.05) is 36.8 Å². The molecule has 0 bridgehead atoms. The first kappa shape index (κ1) is 15.5. The minimum Gasteiger partial charge on any atom is -0.481 e. The Morgan fingerprint density at radius 3 is 2.71 bits per heavy atom. The summed E-state index contributed by atoms with van der Waals surface area (Å²) in [4.78, 5) is 22.8. The monoisotopic (exact) mass is 291 g/mol. The van der Waals surface area contributed by atoms with E-state index in [9.17, 15) is 9.59 Å². The third kappa shape index (κ3) is 4.86. The number of amides is 1. The van der Waals surface area contributed by atoms with E-state index in [0.29, 0.717) is 19.6 Å². The van der Waals surface area contributed by atoms with Gasteiger partial charge in [0, 0.05) is 12.5 Å². The van der Waals surface area contributed by atoms with Crippen LogP contribution in [0.2, 0.25) is 0 Å². The molecule has 0 aromatic heterocycles. The van der Waals surface area contributed by atoms with Gasteiger partial charge in [0.1, 0.15) is 0 Å². The lowest BCUT2D eigenvalue weighted by Crippen LogP contribution is -2.40. The van der Waals surface area contributed by atoms with Crippen molar-refractivity contribution in [3.8, 4) is 0 Å². The average Bonchev–Trinajstić information content (AvgIpc) is 2.93. The summed E-state index contributed by atoms with van der Waals surface area (Å²) < 4.78 is 5.45. The highest BCUT2D eigenvalue weighted by Crippen LogP contribution is 2.25. The van der Waals surface area contributed by atoms with Crippen LogP contribution in [0.3, 0.4) is 0 Å². The molecule has 1 aromatic carbocycles. The second kappa shape index (κ2) is 7.78. The molecule has 0 saturated heterocycles. The van der Waals surface area contributed by atoms with Gasteiger partial charge in [0.05, 0.1) is 19.1 Å². The number of carbonyl (C=O) groups excluding carboxylic acids is 1. The molecule has 114 valence electrons. The van der Waals surface area contributed by atoms with Gasteiger partial charge in [0.2, 0.25) is 5.91 Å². The van der Waals surface area contributed by atoms with Crippen molar-refractivity contribution in [1.82, 2.24) is 5.32 Å². The van der Waals surface area contributed by atoms with Gasteiger partial charge >= 0.3 is 5.97 Å². The molecule has 2 rings (SSSR count). The second-order valence-electron chi connectivity index (χ2n) is 5.34. The Bertz CT molecular complexity index is 474. The number of hydrogen-bond donors (Lipinski definition) is 2. The summed E-state index contributed by atoms with van der Waals surface area (Å²) in [5, 5.41) is 11.9. The Kier molecular flexibility index (Phi) is 5.75. The minimum absolute atomic E-state index is 0.138.